The molecule has 2 heteroatoms. The fraction of sp³-hybridized carbons (Fsp3) is 0.235. The highest BCUT2D eigenvalue weighted by Crippen LogP contribution is 2.19. The molecule has 98 valence electrons. The number of carbonyl (C=O) groups is 1. The second-order valence-corrected chi connectivity index (χ2v) is 5.00. The van der Waals surface area contributed by atoms with E-state index in [9.17, 15) is 4.79 Å². The lowest BCUT2D eigenvalue weighted by atomic mass is 10.0. The zero-order valence-electron chi connectivity index (χ0n) is 11.6. The Labute approximate surface area is 114 Å². The zero-order valence-corrected chi connectivity index (χ0v) is 11.6. The van der Waals surface area contributed by atoms with Gasteiger partial charge < -0.3 is 5.32 Å². The molecule has 2 rings (SSSR count). The Morgan fingerprint density at radius 3 is 2.16 bits per heavy atom. The van der Waals surface area contributed by atoms with Crippen molar-refractivity contribution in [2.24, 2.45) is 0 Å². The number of benzene rings is 2. The van der Waals surface area contributed by atoms with Crippen molar-refractivity contribution in [1.29, 1.82) is 0 Å². The molecule has 0 fully saturated rings. The smallest absolute Gasteiger partial charge is 0.231 e. The standard InChI is InChI=1S/C17H19NO/c1-12-9-13(2)11-16(10-12)18-17(19)14(3)15-7-5-4-6-8-15/h4-11,14H,1-3H3,(H,18,19)/t14-/m0/s1. The average Bonchev–Trinajstić information content (AvgIpc) is 2.37. The number of anilines is 1. The first-order valence-corrected chi connectivity index (χ1v) is 6.50. The van der Waals surface area contributed by atoms with Gasteiger partial charge in [-0.2, -0.15) is 0 Å². The van der Waals surface area contributed by atoms with Crippen LogP contribution < -0.4 is 5.32 Å². The van der Waals surface area contributed by atoms with Crippen molar-refractivity contribution in [3.05, 3.63) is 65.2 Å². The number of carbonyl (C=O) groups excluding carboxylic acids is 1. The number of nitrogens with one attached hydrogen (secondary N) is 1. The number of aryl methyl sites for hydroxylation is 2. The topological polar surface area (TPSA) is 29.1 Å². The monoisotopic (exact) mass is 253 g/mol. The summed E-state index contributed by atoms with van der Waals surface area (Å²) in [6.07, 6.45) is 0. The lowest BCUT2D eigenvalue weighted by molar-refractivity contribution is -0.117. The molecule has 19 heavy (non-hydrogen) atoms. The van der Waals surface area contributed by atoms with E-state index in [1.807, 2.05) is 63.2 Å². The summed E-state index contributed by atoms with van der Waals surface area (Å²) in [5, 5.41) is 2.98. The third-order valence-electron chi connectivity index (χ3n) is 3.18. The molecule has 0 saturated heterocycles. The average molecular weight is 253 g/mol. The van der Waals surface area contributed by atoms with Crippen LogP contribution in [0.5, 0.6) is 0 Å². The van der Waals surface area contributed by atoms with Crippen LogP contribution in [0, 0.1) is 13.8 Å². The van der Waals surface area contributed by atoms with Crippen molar-refractivity contribution in [2.45, 2.75) is 26.7 Å². The number of hydrogen-bond donors (Lipinski definition) is 1. The first kappa shape index (κ1) is 13.3. The molecule has 0 heterocycles. The van der Waals surface area contributed by atoms with E-state index >= 15 is 0 Å². The summed E-state index contributed by atoms with van der Waals surface area (Å²) in [6.45, 7) is 5.99. The van der Waals surface area contributed by atoms with Crippen LogP contribution in [0.3, 0.4) is 0 Å². The summed E-state index contributed by atoms with van der Waals surface area (Å²) >= 11 is 0. The van der Waals surface area contributed by atoms with Gasteiger partial charge in [0.1, 0.15) is 0 Å². The molecule has 2 aromatic carbocycles. The quantitative estimate of drug-likeness (QED) is 0.878. The highest BCUT2D eigenvalue weighted by Gasteiger charge is 2.14. The van der Waals surface area contributed by atoms with Gasteiger partial charge in [0, 0.05) is 5.69 Å². The molecule has 0 aliphatic rings. The van der Waals surface area contributed by atoms with Gasteiger partial charge in [-0.25, -0.2) is 0 Å². The van der Waals surface area contributed by atoms with Crippen molar-refractivity contribution >= 4 is 11.6 Å². The SMILES string of the molecule is Cc1cc(C)cc(NC(=O)[C@@H](C)c2ccccc2)c1. The van der Waals surface area contributed by atoms with Crippen LogP contribution in [0.25, 0.3) is 0 Å². The lowest BCUT2D eigenvalue weighted by Gasteiger charge is -2.13. The first-order chi connectivity index (χ1) is 9.06. The van der Waals surface area contributed by atoms with E-state index in [0.717, 1.165) is 22.4 Å². The largest absolute Gasteiger partial charge is 0.326 e. The van der Waals surface area contributed by atoms with Gasteiger partial charge in [0.25, 0.3) is 0 Å². The summed E-state index contributed by atoms with van der Waals surface area (Å²) < 4.78 is 0. The molecule has 0 radical (unpaired) electrons. The minimum atomic E-state index is -0.151. The van der Waals surface area contributed by atoms with Crippen molar-refractivity contribution in [3.8, 4) is 0 Å². The Hall–Kier alpha value is -2.09. The second-order valence-electron chi connectivity index (χ2n) is 5.00. The molecule has 1 amide bonds. The number of amides is 1. The Bertz CT molecular complexity index is 555. The second kappa shape index (κ2) is 5.70. The van der Waals surface area contributed by atoms with Crippen LogP contribution in [0.2, 0.25) is 0 Å². The van der Waals surface area contributed by atoms with Crippen LogP contribution in [0.4, 0.5) is 5.69 Å². The molecule has 2 nitrogen and oxygen atoms in total. The van der Waals surface area contributed by atoms with Crippen LogP contribution >= 0.6 is 0 Å². The summed E-state index contributed by atoms with van der Waals surface area (Å²) in [5.41, 5.74) is 4.21. The maximum absolute atomic E-state index is 12.2. The number of hydrogen-bond acceptors (Lipinski definition) is 1. The van der Waals surface area contributed by atoms with Gasteiger partial charge in [-0.1, -0.05) is 36.4 Å². The fourth-order valence-corrected chi connectivity index (χ4v) is 2.19. The van der Waals surface area contributed by atoms with Gasteiger partial charge in [0.2, 0.25) is 5.91 Å². The van der Waals surface area contributed by atoms with Crippen LogP contribution in [-0.2, 0) is 4.79 Å². The third-order valence-corrected chi connectivity index (χ3v) is 3.18. The summed E-state index contributed by atoms with van der Waals surface area (Å²) in [7, 11) is 0. The minimum absolute atomic E-state index is 0.0243. The van der Waals surface area contributed by atoms with Crippen LogP contribution in [0.1, 0.15) is 29.5 Å². The highest BCUT2D eigenvalue weighted by atomic mass is 16.1. The van der Waals surface area contributed by atoms with Crippen LogP contribution in [0.15, 0.2) is 48.5 Å². The van der Waals surface area contributed by atoms with E-state index in [-0.39, 0.29) is 11.8 Å². The molecule has 0 aromatic heterocycles. The Balaban J connectivity index is 2.13. The molecule has 1 atom stereocenters. The Kier molecular flexibility index (Phi) is 4.00. The van der Waals surface area contributed by atoms with E-state index in [1.54, 1.807) is 0 Å². The normalized spacial score (nSPS) is 11.9. The highest BCUT2D eigenvalue weighted by molar-refractivity contribution is 5.95. The first-order valence-electron chi connectivity index (χ1n) is 6.50. The minimum Gasteiger partial charge on any atom is -0.326 e. The van der Waals surface area contributed by atoms with Gasteiger partial charge in [0.15, 0.2) is 0 Å². The molecule has 0 unspecified atom stereocenters. The third kappa shape index (κ3) is 3.44. The molecular weight excluding hydrogens is 234 g/mol. The maximum Gasteiger partial charge on any atom is 0.231 e. The molecule has 2 aromatic rings. The molecule has 0 saturated carbocycles. The zero-order chi connectivity index (χ0) is 13.8. The van der Waals surface area contributed by atoms with Gasteiger partial charge in [-0.3, -0.25) is 4.79 Å². The van der Waals surface area contributed by atoms with E-state index in [2.05, 4.69) is 11.4 Å². The predicted molar refractivity (Wildman–Crippen MR) is 79.4 cm³/mol. The predicted octanol–water partition coefficient (Wildman–Crippen LogP) is 4.05. The van der Waals surface area contributed by atoms with Crippen molar-refractivity contribution in [3.63, 3.8) is 0 Å². The summed E-state index contributed by atoms with van der Waals surface area (Å²) in [6, 6.07) is 15.9. The fourth-order valence-electron chi connectivity index (χ4n) is 2.19. The summed E-state index contributed by atoms with van der Waals surface area (Å²) in [4.78, 5) is 12.2. The van der Waals surface area contributed by atoms with Gasteiger partial charge in [-0.15, -0.1) is 0 Å². The van der Waals surface area contributed by atoms with E-state index in [4.69, 9.17) is 0 Å². The molecule has 0 bridgehead atoms. The Morgan fingerprint density at radius 1 is 1.00 bits per heavy atom. The van der Waals surface area contributed by atoms with Gasteiger partial charge in [0.05, 0.1) is 5.92 Å². The molecule has 0 aliphatic carbocycles. The van der Waals surface area contributed by atoms with E-state index in [0.29, 0.717) is 0 Å². The van der Waals surface area contributed by atoms with Crippen molar-refractivity contribution < 1.29 is 4.79 Å². The molecule has 0 spiro atoms. The van der Waals surface area contributed by atoms with E-state index < -0.39 is 0 Å². The van der Waals surface area contributed by atoms with E-state index in [1.165, 1.54) is 0 Å². The van der Waals surface area contributed by atoms with Gasteiger partial charge >= 0.3 is 0 Å². The van der Waals surface area contributed by atoms with Crippen LogP contribution in [-0.4, -0.2) is 5.91 Å². The van der Waals surface area contributed by atoms with Crippen molar-refractivity contribution in [1.82, 2.24) is 0 Å². The summed E-state index contributed by atoms with van der Waals surface area (Å²) in [5.74, 6) is -0.127. The molecular formula is C17H19NO. The Morgan fingerprint density at radius 2 is 1.58 bits per heavy atom. The maximum atomic E-state index is 12.2. The lowest BCUT2D eigenvalue weighted by Crippen LogP contribution is -2.18. The van der Waals surface area contributed by atoms with Crippen molar-refractivity contribution in [2.75, 3.05) is 5.32 Å². The van der Waals surface area contributed by atoms with Gasteiger partial charge in [-0.05, 0) is 49.6 Å². The molecule has 1 N–H and O–H groups in total. The molecule has 0 aliphatic heterocycles. The number of rotatable bonds is 3.